The van der Waals surface area contributed by atoms with E-state index >= 15 is 0 Å². The number of fused-ring (bicyclic) bond motifs is 1. The Morgan fingerprint density at radius 3 is 2.60 bits per heavy atom. The van der Waals surface area contributed by atoms with Crippen LogP contribution in [0, 0.1) is 11.8 Å². The Hall–Kier alpha value is -4.32. The summed E-state index contributed by atoms with van der Waals surface area (Å²) in [5.74, 6) is 6.14. The first-order chi connectivity index (χ1) is 19.4. The fourth-order valence-corrected chi connectivity index (χ4v) is 5.48. The quantitative estimate of drug-likeness (QED) is 0.311. The molecule has 0 aromatic heterocycles. The van der Waals surface area contributed by atoms with E-state index in [4.69, 9.17) is 9.47 Å². The first-order valence-electron chi connectivity index (χ1n) is 13.8. The van der Waals surface area contributed by atoms with Crippen molar-refractivity contribution in [3.63, 3.8) is 0 Å². The van der Waals surface area contributed by atoms with Crippen LogP contribution < -0.4 is 14.8 Å². The molecule has 3 heterocycles. The lowest BCUT2D eigenvalue weighted by atomic mass is 10.0. The molecule has 3 aliphatic heterocycles. The number of imide groups is 1. The third-order valence-corrected chi connectivity index (χ3v) is 7.60. The molecule has 2 saturated heterocycles. The first kappa shape index (κ1) is 27.3. The van der Waals surface area contributed by atoms with Crippen molar-refractivity contribution < 1.29 is 28.7 Å². The third-order valence-electron chi connectivity index (χ3n) is 7.60. The highest BCUT2D eigenvalue weighted by molar-refractivity contribution is 6.05. The van der Waals surface area contributed by atoms with Crippen LogP contribution in [0.4, 0.5) is 0 Å². The van der Waals surface area contributed by atoms with Gasteiger partial charge >= 0.3 is 0 Å². The molecule has 0 aliphatic carbocycles. The molecule has 5 rings (SSSR count). The minimum atomic E-state index is -0.653. The van der Waals surface area contributed by atoms with Gasteiger partial charge in [-0.2, -0.15) is 0 Å². The van der Waals surface area contributed by atoms with Gasteiger partial charge in [0.15, 0.2) is 0 Å². The summed E-state index contributed by atoms with van der Waals surface area (Å²) in [4.78, 5) is 53.5. The molecular formula is C31H33N3O6. The summed E-state index contributed by atoms with van der Waals surface area (Å²) in [5.41, 5.74) is 1.93. The van der Waals surface area contributed by atoms with Crippen molar-refractivity contribution in [2.24, 2.45) is 0 Å². The second-order valence-electron chi connectivity index (χ2n) is 10.2. The summed E-state index contributed by atoms with van der Waals surface area (Å²) in [6, 6.07) is 11.8. The molecule has 2 aromatic rings. The van der Waals surface area contributed by atoms with Crippen LogP contribution in [-0.4, -0.2) is 65.3 Å². The summed E-state index contributed by atoms with van der Waals surface area (Å²) in [6.45, 7) is 3.60. The Balaban J connectivity index is 1.20. The molecule has 9 heteroatoms. The zero-order chi connectivity index (χ0) is 28.1. The fraction of sp³-hybridized carbons (Fsp3) is 0.419. The van der Waals surface area contributed by atoms with E-state index < -0.39 is 11.9 Å². The Morgan fingerprint density at radius 1 is 1.02 bits per heavy atom. The lowest BCUT2D eigenvalue weighted by Crippen LogP contribution is -2.52. The highest BCUT2D eigenvalue weighted by atomic mass is 16.5. The lowest BCUT2D eigenvalue weighted by Gasteiger charge is -2.35. The summed E-state index contributed by atoms with van der Waals surface area (Å²) in [7, 11) is 0. The maximum Gasteiger partial charge on any atom is 0.255 e. The van der Waals surface area contributed by atoms with Gasteiger partial charge in [-0.1, -0.05) is 0 Å². The molecule has 3 aliphatic rings. The van der Waals surface area contributed by atoms with Crippen LogP contribution in [0.3, 0.4) is 0 Å². The Morgan fingerprint density at radius 2 is 1.82 bits per heavy atom. The number of hydrogen-bond acceptors (Lipinski definition) is 6. The highest BCUT2D eigenvalue weighted by Gasteiger charge is 2.39. The van der Waals surface area contributed by atoms with Crippen LogP contribution in [0.2, 0.25) is 0 Å². The van der Waals surface area contributed by atoms with Crippen molar-refractivity contribution in [1.82, 2.24) is 15.1 Å². The molecule has 4 amide bonds. The molecule has 40 heavy (non-hydrogen) atoms. The van der Waals surface area contributed by atoms with Crippen molar-refractivity contribution in [3.8, 4) is 23.3 Å². The second-order valence-corrected chi connectivity index (χ2v) is 10.2. The first-order valence-corrected chi connectivity index (χ1v) is 13.8. The van der Waals surface area contributed by atoms with Gasteiger partial charge in [-0.3, -0.25) is 24.5 Å². The normalized spacial score (nSPS) is 20.4. The maximum atomic E-state index is 13.4. The standard InChI is InChI=1S/C31H33N3O6/c1-2-3-6-17-39-24-10-8-21(9-11-24)30(37)33-16-5-4-7-23(33)20-40-25-12-13-26-22(18-25)19-34(31(26)38)27-14-15-28(35)32-29(27)36/h8-13,18,23,27H,4-7,14-17,19-20H2,1H3,(H,32,35,36). The molecule has 2 aromatic carbocycles. The van der Waals surface area contributed by atoms with Gasteiger partial charge in [-0.05, 0) is 80.6 Å². The number of hydrogen-bond donors (Lipinski definition) is 1. The number of carbonyl (C=O) groups is 4. The van der Waals surface area contributed by atoms with Crippen LogP contribution >= 0.6 is 0 Å². The monoisotopic (exact) mass is 543 g/mol. The molecule has 2 fully saturated rings. The fourth-order valence-electron chi connectivity index (χ4n) is 5.48. The van der Waals surface area contributed by atoms with Crippen LogP contribution in [0.1, 0.15) is 71.7 Å². The number of likely N-dealkylation sites (tertiary alicyclic amines) is 1. The minimum absolute atomic E-state index is 0.0314. The van der Waals surface area contributed by atoms with E-state index in [0.717, 1.165) is 24.8 Å². The second kappa shape index (κ2) is 12.2. The Labute approximate surface area is 233 Å². The molecule has 0 spiro atoms. The van der Waals surface area contributed by atoms with Crippen LogP contribution in [0.5, 0.6) is 11.5 Å². The zero-order valence-corrected chi connectivity index (χ0v) is 22.6. The summed E-state index contributed by atoms with van der Waals surface area (Å²) >= 11 is 0. The predicted octanol–water partition coefficient (Wildman–Crippen LogP) is 3.31. The highest BCUT2D eigenvalue weighted by Crippen LogP contribution is 2.31. The van der Waals surface area contributed by atoms with Crippen molar-refractivity contribution in [1.29, 1.82) is 0 Å². The van der Waals surface area contributed by atoms with Gasteiger partial charge in [-0.15, -0.1) is 11.8 Å². The summed E-state index contributed by atoms with van der Waals surface area (Å²) in [6.07, 6.45) is 4.00. The average molecular weight is 544 g/mol. The van der Waals surface area contributed by atoms with E-state index in [2.05, 4.69) is 17.2 Å². The third kappa shape index (κ3) is 5.96. The molecule has 0 saturated carbocycles. The largest absolute Gasteiger partial charge is 0.493 e. The summed E-state index contributed by atoms with van der Waals surface area (Å²) in [5, 5.41) is 2.32. The van der Waals surface area contributed by atoms with Crippen LogP contribution in [0.15, 0.2) is 42.5 Å². The molecular weight excluding hydrogens is 510 g/mol. The maximum absolute atomic E-state index is 13.4. The number of ether oxygens (including phenoxy) is 2. The van der Waals surface area contributed by atoms with E-state index in [0.29, 0.717) is 55.2 Å². The van der Waals surface area contributed by atoms with Gasteiger partial charge < -0.3 is 19.3 Å². The van der Waals surface area contributed by atoms with E-state index in [1.807, 2.05) is 23.1 Å². The molecule has 2 unspecified atom stereocenters. The smallest absolute Gasteiger partial charge is 0.255 e. The lowest BCUT2D eigenvalue weighted by molar-refractivity contribution is -0.136. The van der Waals surface area contributed by atoms with E-state index in [-0.39, 0.29) is 36.7 Å². The molecule has 0 bridgehead atoms. The molecule has 0 radical (unpaired) electrons. The number of amides is 4. The van der Waals surface area contributed by atoms with Gasteiger partial charge in [0.1, 0.15) is 24.1 Å². The van der Waals surface area contributed by atoms with Gasteiger partial charge in [0.25, 0.3) is 11.8 Å². The number of piperidine rings is 2. The van der Waals surface area contributed by atoms with E-state index in [9.17, 15) is 19.2 Å². The SMILES string of the molecule is CC#CCCOc1ccc(C(=O)N2CCCCC2COc2ccc3c(c2)CN(C2CCC(=O)NC2=O)C3=O)cc1. The summed E-state index contributed by atoms with van der Waals surface area (Å²) < 4.78 is 11.8. The van der Waals surface area contributed by atoms with E-state index in [1.165, 1.54) is 4.90 Å². The minimum Gasteiger partial charge on any atom is -0.493 e. The van der Waals surface area contributed by atoms with Crippen LogP contribution in [-0.2, 0) is 16.1 Å². The van der Waals surface area contributed by atoms with E-state index in [1.54, 1.807) is 31.2 Å². The van der Waals surface area contributed by atoms with Gasteiger partial charge in [-0.25, -0.2) is 0 Å². The van der Waals surface area contributed by atoms with Gasteiger partial charge in [0.2, 0.25) is 11.8 Å². The number of nitrogens with one attached hydrogen (secondary N) is 1. The molecule has 9 nitrogen and oxygen atoms in total. The molecule has 1 N–H and O–H groups in total. The average Bonchev–Trinajstić information content (AvgIpc) is 3.29. The van der Waals surface area contributed by atoms with Gasteiger partial charge in [0.05, 0.1) is 12.6 Å². The van der Waals surface area contributed by atoms with Crippen molar-refractivity contribution >= 4 is 23.6 Å². The Kier molecular flexibility index (Phi) is 8.34. The van der Waals surface area contributed by atoms with Crippen molar-refractivity contribution in [3.05, 3.63) is 59.2 Å². The Bertz CT molecular complexity index is 1360. The topological polar surface area (TPSA) is 105 Å². The van der Waals surface area contributed by atoms with Crippen molar-refractivity contribution in [2.75, 3.05) is 19.8 Å². The zero-order valence-electron chi connectivity index (χ0n) is 22.6. The predicted molar refractivity (Wildman–Crippen MR) is 147 cm³/mol. The molecule has 208 valence electrons. The van der Waals surface area contributed by atoms with Crippen molar-refractivity contribution in [2.45, 2.75) is 64.1 Å². The number of carbonyl (C=O) groups excluding carboxylic acids is 4. The van der Waals surface area contributed by atoms with Crippen LogP contribution in [0.25, 0.3) is 0 Å². The van der Waals surface area contributed by atoms with Gasteiger partial charge in [0, 0.05) is 37.1 Å². The number of nitrogens with zero attached hydrogens (tertiary/aromatic N) is 2. The number of rotatable bonds is 8. The number of benzene rings is 2. The molecule has 2 atom stereocenters.